The third kappa shape index (κ3) is 4.85. The van der Waals surface area contributed by atoms with E-state index < -0.39 is 23.6 Å². The molecule has 0 aliphatic rings. The van der Waals surface area contributed by atoms with Gasteiger partial charge in [0.1, 0.15) is 11.2 Å². The smallest absolute Gasteiger partial charge is 0.416 e. The molecule has 1 aromatic heterocycles. The Hall–Kier alpha value is -4.59. The number of benzene rings is 4. The molecule has 4 aromatic carbocycles. The molecule has 0 fully saturated rings. The molecule has 0 N–H and O–H groups in total. The van der Waals surface area contributed by atoms with Crippen molar-refractivity contribution in [3.63, 3.8) is 0 Å². The van der Waals surface area contributed by atoms with E-state index in [1.165, 1.54) is 17.0 Å². The summed E-state index contributed by atoms with van der Waals surface area (Å²) in [5.41, 5.74) is 3.21. The molecule has 0 aliphatic carbocycles. The first-order chi connectivity index (χ1) is 18.3. The summed E-state index contributed by atoms with van der Waals surface area (Å²) in [7, 11) is 0. The largest absolute Gasteiger partial charge is 0.459 e. The minimum Gasteiger partial charge on any atom is -0.459 e. The Bertz CT molecular complexity index is 1620. The lowest BCUT2D eigenvalue weighted by atomic mass is 10.0. The quantitative estimate of drug-likeness (QED) is 0.180. The monoisotopic (exact) mass is 517 g/mol. The predicted molar refractivity (Wildman–Crippen MR) is 138 cm³/mol. The summed E-state index contributed by atoms with van der Waals surface area (Å²) in [6, 6.07) is 25.0. The highest BCUT2D eigenvalue weighted by Gasteiger charge is 2.30. The molecule has 0 atom stereocenters. The number of fused-ring (bicyclic) bond motifs is 3. The zero-order valence-corrected chi connectivity index (χ0v) is 20.3. The van der Waals surface area contributed by atoms with E-state index in [-0.39, 0.29) is 13.2 Å². The van der Waals surface area contributed by atoms with Crippen LogP contribution in [0.25, 0.3) is 33.1 Å². The maximum Gasteiger partial charge on any atom is 0.416 e. The van der Waals surface area contributed by atoms with Crippen molar-refractivity contribution < 1.29 is 31.9 Å². The van der Waals surface area contributed by atoms with E-state index in [9.17, 15) is 22.8 Å². The summed E-state index contributed by atoms with van der Waals surface area (Å²) < 4.78 is 49.9. The Morgan fingerprint density at radius 1 is 0.842 bits per heavy atom. The van der Waals surface area contributed by atoms with Gasteiger partial charge in [0, 0.05) is 22.0 Å². The molecule has 0 radical (unpaired) electrons. The maximum atomic E-state index is 13.0. The van der Waals surface area contributed by atoms with E-state index in [2.05, 4.69) is 0 Å². The normalized spacial score (nSPS) is 11.6. The fourth-order valence-electron chi connectivity index (χ4n) is 4.36. The van der Waals surface area contributed by atoms with Gasteiger partial charge in [-0.05, 0) is 48.4 Å². The lowest BCUT2D eigenvalue weighted by Gasteiger charge is -2.22. The van der Waals surface area contributed by atoms with Crippen LogP contribution in [0.4, 0.5) is 18.9 Å². The molecule has 1 amide bonds. The standard InChI is InChI=1S/C30H22F3NO4/c1-2-37-29(36)28(35)34(18-19-10-14-21(15-11-19)30(31,32)33)22-16-12-20(13-17-22)23-7-5-8-25-24-6-3-4-9-26(24)38-27(23)25/h3-17H,2,18H2,1H3. The number of alkyl halides is 3. The number of furan rings is 1. The Labute approximate surface area is 216 Å². The molecule has 5 aromatic rings. The minimum atomic E-state index is -4.47. The number of halogens is 3. The molecule has 5 rings (SSSR count). The Kier molecular flexibility index (Phi) is 6.63. The molecular formula is C30H22F3NO4. The van der Waals surface area contributed by atoms with Crippen LogP contribution in [0.15, 0.2) is 95.4 Å². The number of para-hydroxylation sites is 2. The van der Waals surface area contributed by atoms with Crippen molar-refractivity contribution in [2.75, 3.05) is 11.5 Å². The van der Waals surface area contributed by atoms with Crippen molar-refractivity contribution >= 4 is 39.5 Å². The molecule has 5 nitrogen and oxygen atoms in total. The second-order valence-corrected chi connectivity index (χ2v) is 8.63. The average Bonchev–Trinajstić information content (AvgIpc) is 3.30. The van der Waals surface area contributed by atoms with E-state index in [4.69, 9.17) is 9.15 Å². The lowest BCUT2D eigenvalue weighted by molar-refractivity contribution is -0.153. The van der Waals surface area contributed by atoms with E-state index in [0.717, 1.165) is 45.2 Å². The number of rotatable bonds is 5. The second kappa shape index (κ2) is 10.0. The number of carbonyl (C=O) groups excluding carboxylic acids is 2. The molecule has 0 spiro atoms. The summed E-state index contributed by atoms with van der Waals surface area (Å²) >= 11 is 0. The number of nitrogens with zero attached hydrogens (tertiary/aromatic N) is 1. The fourth-order valence-corrected chi connectivity index (χ4v) is 4.36. The first-order valence-electron chi connectivity index (χ1n) is 11.9. The van der Waals surface area contributed by atoms with Gasteiger partial charge in [-0.2, -0.15) is 13.2 Å². The summed E-state index contributed by atoms with van der Waals surface area (Å²) in [6.07, 6.45) is -4.47. The van der Waals surface area contributed by atoms with Crippen LogP contribution in [0.1, 0.15) is 18.1 Å². The summed E-state index contributed by atoms with van der Waals surface area (Å²) in [4.78, 5) is 26.4. The van der Waals surface area contributed by atoms with Gasteiger partial charge in [-0.25, -0.2) is 4.79 Å². The van der Waals surface area contributed by atoms with Gasteiger partial charge in [-0.1, -0.05) is 60.7 Å². The third-order valence-electron chi connectivity index (χ3n) is 6.21. The number of amides is 1. The first kappa shape index (κ1) is 25.1. The molecule has 0 unspecified atom stereocenters. The number of hydrogen-bond acceptors (Lipinski definition) is 4. The van der Waals surface area contributed by atoms with Crippen molar-refractivity contribution in [1.29, 1.82) is 0 Å². The van der Waals surface area contributed by atoms with Gasteiger partial charge in [0.05, 0.1) is 18.7 Å². The van der Waals surface area contributed by atoms with Gasteiger partial charge in [-0.3, -0.25) is 9.69 Å². The van der Waals surface area contributed by atoms with Crippen LogP contribution in [-0.4, -0.2) is 18.5 Å². The molecule has 0 bridgehead atoms. The maximum absolute atomic E-state index is 13.0. The van der Waals surface area contributed by atoms with Crippen LogP contribution in [0.2, 0.25) is 0 Å². The molecule has 0 saturated carbocycles. The fraction of sp³-hybridized carbons (Fsp3) is 0.133. The van der Waals surface area contributed by atoms with Gasteiger partial charge in [0.15, 0.2) is 0 Å². The van der Waals surface area contributed by atoms with Gasteiger partial charge < -0.3 is 9.15 Å². The highest BCUT2D eigenvalue weighted by Crippen LogP contribution is 2.36. The zero-order valence-electron chi connectivity index (χ0n) is 20.3. The van der Waals surface area contributed by atoms with Gasteiger partial charge in [0.2, 0.25) is 0 Å². The summed E-state index contributed by atoms with van der Waals surface area (Å²) in [5.74, 6) is -1.96. The van der Waals surface area contributed by atoms with Crippen molar-refractivity contribution in [2.24, 2.45) is 0 Å². The number of esters is 1. The van der Waals surface area contributed by atoms with E-state index >= 15 is 0 Å². The zero-order chi connectivity index (χ0) is 26.9. The van der Waals surface area contributed by atoms with Crippen LogP contribution >= 0.6 is 0 Å². The van der Waals surface area contributed by atoms with Crippen LogP contribution in [0.5, 0.6) is 0 Å². The van der Waals surface area contributed by atoms with Crippen molar-refractivity contribution in [3.8, 4) is 11.1 Å². The topological polar surface area (TPSA) is 59.8 Å². The molecule has 0 saturated heterocycles. The number of anilines is 1. The Morgan fingerprint density at radius 3 is 2.21 bits per heavy atom. The summed E-state index contributed by atoms with van der Waals surface area (Å²) in [6.45, 7) is 1.48. The minimum absolute atomic E-state index is 0.0130. The molecule has 192 valence electrons. The number of hydrogen-bond donors (Lipinski definition) is 0. The van der Waals surface area contributed by atoms with Crippen LogP contribution in [-0.2, 0) is 27.0 Å². The van der Waals surface area contributed by atoms with Crippen molar-refractivity contribution in [1.82, 2.24) is 0 Å². The highest BCUT2D eigenvalue weighted by molar-refractivity contribution is 6.38. The first-order valence-corrected chi connectivity index (χ1v) is 11.9. The molecular weight excluding hydrogens is 495 g/mol. The van der Waals surface area contributed by atoms with E-state index in [1.807, 2.05) is 42.5 Å². The molecule has 1 heterocycles. The van der Waals surface area contributed by atoms with Gasteiger partial charge in [-0.15, -0.1) is 0 Å². The second-order valence-electron chi connectivity index (χ2n) is 8.63. The Balaban J connectivity index is 1.49. The highest BCUT2D eigenvalue weighted by atomic mass is 19.4. The average molecular weight is 518 g/mol. The van der Waals surface area contributed by atoms with E-state index in [0.29, 0.717) is 11.3 Å². The summed E-state index contributed by atoms with van der Waals surface area (Å²) in [5, 5.41) is 1.98. The molecule has 0 aliphatic heterocycles. The van der Waals surface area contributed by atoms with Gasteiger partial charge >= 0.3 is 18.1 Å². The van der Waals surface area contributed by atoms with Crippen LogP contribution in [0, 0.1) is 0 Å². The van der Waals surface area contributed by atoms with Crippen LogP contribution < -0.4 is 4.90 Å². The van der Waals surface area contributed by atoms with E-state index in [1.54, 1.807) is 31.2 Å². The predicted octanol–water partition coefficient (Wildman–Crippen LogP) is 7.37. The van der Waals surface area contributed by atoms with Crippen molar-refractivity contribution in [3.05, 3.63) is 102 Å². The van der Waals surface area contributed by atoms with Crippen molar-refractivity contribution in [2.45, 2.75) is 19.6 Å². The van der Waals surface area contributed by atoms with Gasteiger partial charge in [0.25, 0.3) is 0 Å². The SMILES string of the molecule is CCOC(=O)C(=O)N(Cc1ccc(C(F)(F)F)cc1)c1ccc(-c2cccc3c2oc2ccccc23)cc1. The van der Waals surface area contributed by atoms with Crippen LogP contribution in [0.3, 0.4) is 0 Å². The number of carbonyl (C=O) groups is 2. The third-order valence-corrected chi connectivity index (χ3v) is 6.21. The lowest BCUT2D eigenvalue weighted by Crippen LogP contribution is -2.37. The molecule has 8 heteroatoms. The Morgan fingerprint density at radius 2 is 1.53 bits per heavy atom. The number of ether oxygens (including phenoxy) is 1. The molecule has 38 heavy (non-hydrogen) atoms.